The van der Waals surface area contributed by atoms with Gasteiger partial charge in [-0.15, -0.1) is 0 Å². The minimum atomic E-state index is -0.977. The van der Waals surface area contributed by atoms with Crippen molar-refractivity contribution in [1.29, 1.82) is 0 Å². The van der Waals surface area contributed by atoms with E-state index in [9.17, 15) is 10.2 Å². The lowest BCUT2D eigenvalue weighted by molar-refractivity contribution is -0.210. The van der Waals surface area contributed by atoms with Gasteiger partial charge >= 0.3 is 0 Å². The van der Waals surface area contributed by atoms with E-state index in [2.05, 4.69) is 19.1 Å². The molecule has 0 aromatic heterocycles. The molecule has 130 valence electrons. The Kier molecular flexibility index (Phi) is 10.7. The van der Waals surface area contributed by atoms with Crippen LogP contribution >= 0.6 is 0 Å². The van der Waals surface area contributed by atoms with Crippen LogP contribution in [-0.4, -0.2) is 59.6 Å². The summed E-state index contributed by atoms with van der Waals surface area (Å²) in [5, 5.41) is 28.8. The fourth-order valence-corrected chi connectivity index (χ4v) is 2.54. The highest BCUT2D eigenvalue weighted by Gasteiger charge is 2.38. The van der Waals surface area contributed by atoms with Crippen molar-refractivity contribution >= 4 is 0 Å². The smallest absolute Gasteiger partial charge is 0.114 e. The van der Waals surface area contributed by atoms with Crippen LogP contribution in [0, 0.1) is 0 Å². The minimum absolute atomic E-state index is 0.0928. The van der Waals surface area contributed by atoms with Crippen LogP contribution in [0.3, 0.4) is 0 Å². The summed E-state index contributed by atoms with van der Waals surface area (Å²) in [4.78, 5) is 0. The van der Waals surface area contributed by atoms with E-state index in [1.54, 1.807) is 0 Å². The lowest BCUT2D eigenvalue weighted by Crippen LogP contribution is -2.55. The summed E-state index contributed by atoms with van der Waals surface area (Å²) in [5.74, 6) is 0. The number of rotatable bonds is 11. The van der Waals surface area contributed by atoms with Gasteiger partial charge in [-0.2, -0.15) is 0 Å². The molecular weight excluding hydrogens is 284 g/mol. The maximum absolute atomic E-state index is 9.96. The fraction of sp³-hybridized carbons (Fsp3) is 0.882. The third-order valence-corrected chi connectivity index (χ3v) is 3.97. The van der Waals surface area contributed by atoms with E-state index in [1.165, 1.54) is 19.3 Å². The molecular formula is C17H32O5. The van der Waals surface area contributed by atoms with Crippen LogP contribution < -0.4 is 0 Å². The Bertz CT molecular complexity index is 295. The Balaban J connectivity index is 2.07. The zero-order chi connectivity index (χ0) is 16.2. The molecule has 3 N–H and O–H groups in total. The van der Waals surface area contributed by atoms with Crippen LogP contribution in [0.2, 0.25) is 0 Å². The number of aliphatic hydroxyl groups excluding tert-OH is 3. The average Bonchev–Trinajstić information content (AvgIpc) is 2.52. The Labute approximate surface area is 133 Å². The number of allylic oxidation sites excluding steroid dienone is 2. The van der Waals surface area contributed by atoms with Crippen molar-refractivity contribution in [3.63, 3.8) is 0 Å². The van der Waals surface area contributed by atoms with Gasteiger partial charge in [0.2, 0.25) is 0 Å². The molecule has 1 fully saturated rings. The van der Waals surface area contributed by atoms with Gasteiger partial charge in [0.1, 0.15) is 24.4 Å². The second-order valence-corrected chi connectivity index (χ2v) is 5.91. The molecule has 4 atom stereocenters. The van der Waals surface area contributed by atoms with E-state index in [-0.39, 0.29) is 13.2 Å². The molecule has 0 radical (unpaired) electrons. The molecule has 5 heteroatoms. The van der Waals surface area contributed by atoms with Gasteiger partial charge in [0.05, 0.1) is 13.2 Å². The number of unbranched alkanes of at least 4 members (excludes halogenated alkanes) is 5. The van der Waals surface area contributed by atoms with Crippen LogP contribution in [0.4, 0.5) is 0 Å². The second kappa shape index (κ2) is 12.0. The molecule has 5 nitrogen and oxygen atoms in total. The Morgan fingerprint density at radius 3 is 2.50 bits per heavy atom. The summed E-state index contributed by atoms with van der Waals surface area (Å²) in [7, 11) is 0. The van der Waals surface area contributed by atoms with Gasteiger partial charge in [0.15, 0.2) is 0 Å². The summed E-state index contributed by atoms with van der Waals surface area (Å²) < 4.78 is 10.7. The molecule has 0 aliphatic carbocycles. The molecule has 0 aromatic rings. The van der Waals surface area contributed by atoms with Crippen molar-refractivity contribution in [2.45, 2.75) is 76.3 Å². The summed E-state index contributed by atoms with van der Waals surface area (Å²) >= 11 is 0. The molecule has 1 aliphatic heterocycles. The predicted molar refractivity (Wildman–Crippen MR) is 85.7 cm³/mol. The first-order valence-corrected chi connectivity index (χ1v) is 8.55. The number of hydrogen-bond acceptors (Lipinski definition) is 5. The second-order valence-electron chi connectivity index (χ2n) is 5.91. The van der Waals surface area contributed by atoms with Gasteiger partial charge < -0.3 is 24.8 Å². The van der Waals surface area contributed by atoms with Crippen molar-refractivity contribution < 1.29 is 24.8 Å². The zero-order valence-corrected chi connectivity index (χ0v) is 13.7. The molecule has 0 saturated carbocycles. The lowest BCUT2D eigenvalue weighted by atomic mass is 10.0. The topological polar surface area (TPSA) is 79.2 Å². The van der Waals surface area contributed by atoms with Crippen LogP contribution in [0.15, 0.2) is 12.2 Å². The first-order valence-electron chi connectivity index (χ1n) is 8.55. The van der Waals surface area contributed by atoms with Crippen molar-refractivity contribution in [2.75, 3.05) is 19.8 Å². The quantitative estimate of drug-likeness (QED) is 0.400. The third-order valence-electron chi connectivity index (χ3n) is 3.97. The largest absolute Gasteiger partial charge is 0.394 e. The lowest BCUT2D eigenvalue weighted by Gasteiger charge is -2.37. The van der Waals surface area contributed by atoms with E-state index in [1.807, 2.05) is 0 Å². The summed E-state index contributed by atoms with van der Waals surface area (Å²) in [6.07, 6.45) is 9.22. The van der Waals surface area contributed by atoms with Gasteiger partial charge in [-0.05, 0) is 25.7 Å². The van der Waals surface area contributed by atoms with Crippen LogP contribution in [0.1, 0.15) is 51.9 Å². The van der Waals surface area contributed by atoms with Crippen molar-refractivity contribution in [2.24, 2.45) is 0 Å². The van der Waals surface area contributed by atoms with Crippen molar-refractivity contribution in [1.82, 2.24) is 0 Å². The fourth-order valence-electron chi connectivity index (χ4n) is 2.54. The predicted octanol–water partition coefficient (Wildman–Crippen LogP) is 1.79. The van der Waals surface area contributed by atoms with Gasteiger partial charge in [0, 0.05) is 6.61 Å². The van der Waals surface area contributed by atoms with Crippen molar-refractivity contribution in [3.8, 4) is 0 Å². The highest BCUT2D eigenvalue weighted by atomic mass is 16.6. The molecule has 0 amide bonds. The molecule has 1 saturated heterocycles. The molecule has 0 aromatic carbocycles. The summed E-state index contributed by atoms with van der Waals surface area (Å²) in [6.45, 7) is 2.53. The highest BCUT2D eigenvalue weighted by Crippen LogP contribution is 2.19. The van der Waals surface area contributed by atoms with Gasteiger partial charge in [-0.3, -0.25) is 0 Å². The van der Waals surface area contributed by atoms with Crippen LogP contribution in [-0.2, 0) is 9.47 Å². The third kappa shape index (κ3) is 7.20. The van der Waals surface area contributed by atoms with E-state index >= 15 is 0 Å². The molecule has 0 spiro atoms. The normalized spacial score (nSPS) is 29.3. The van der Waals surface area contributed by atoms with Crippen molar-refractivity contribution in [3.05, 3.63) is 12.2 Å². The highest BCUT2D eigenvalue weighted by molar-refractivity contribution is 4.87. The maximum Gasteiger partial charge on any atom is 0.114 e. The zero-order valence-electron chi connectivity index (χ0n) is 13.7. The van der Waals surface area contributed by atoms with E-state index in [4.69, 9.17) is 14.6 Å². The molecule has 0 unspecified atom stereocenters. The maximum atomic E-state index is 9.96. The summed E-state index contributed by atoms with van der Waals surface area (Å²) in [6, 6.07) is 0. The van der Waals surface area contributed by atoms with Crippen LogP contribution in [0.5, 0.6) is 0 Å². The molecule has 1 aliphatic rings. The molecule has 0 bridgehead atoms. The molecule has 1 heterocycles. The number of hydrogen-bond donors (Lipinski definition) is 3. The Morgan fingerprint density at radius 1 is 1.09 bits per heavy atom. The Morgan fingerprint density at radius 2 is 1.82 bits per heavy atom. The number of aliphatic hydroxyl groups is 3. The first-order chi connectivity index (χ1) is 10.7. The SMILES string of the molecule is CCCC/C=C/CCCCCO[C@@H]1[C@@H](O)[C@H](CO)OC[C@H]1O. The van der Waals surface area contributed by atoms with Gasteiger partial charge in [0.25, 0.3) is 0 Å². The summed E-state index contributed by atoms with van der Waals surface area (Å²) in [5.41, 5.74) is 0. The molecule has 1 rings (SSSR count). The van der Waals surface area contributed by atoms with E-state index in [0.717, 1.165) is 25.7 Å². The van der Waals surface area contributed by atoms with Gasteiger partial charge in [-0.1, -0.05) is 38.3 Å². The number of ether oxygens (including phenoxy) is 2. The van der Waals surface area contributed by atoms with Crippen LogP contribution in [0.25, 0.3) is 0 Å². The first kappa shape index (κ1) is 19.6. The Hall–Kier alpha value is -0.460. The van der Waals surface area contributed by atoms with E-state index < -0.39 is 24.4 Å². The average molecular weight is 316 g/mol. The molecule has 22 heavy (non-hydrogen) atoms. The monoisotopic (exact) mass is 316 g/mol. The van der Waals surface area contributed by atoms with Gasteiger partial charge in [-0.25, -0.2) is 0 Å². The standard InChI is InChI=1S/C17H32O5/c1-2-3-4-5-6-7-8-9-10-11-21-17-14(19)13-22-15(12-18)16(17)20/h5-6,14-20H,2-4,7-13H2,1H3/b6-5+/t14-,15+,16+,17+/m1/s1. The minimum Gasteiger partial charge on any atom is -0.394 e. The van der Waals surface area contributed by atoms with E-state index in [0.29, 0.717) is 6.61 Å².